The Labute approximate surface area is 209 Å². The number of nitrogens with one attached hydrogen (secondary N) is 1. The van der Waals surface area contributed by atoms with E-state index in [9.17, 15) is 14.4 Å². The standard InChI is InChI=1S/C27H28N4O3S/c1-19-10-11-22(17-20(19)2)27(21-7-4-3-5-8-21)25(33)31(26(34)28-27)18-29-12-14-30(15-13-29)24(32)23-9-6-16-35-23/h3-11,16-17H,12-15,18H2,1-2H3,(H,28,34)/t27-/m0/s1. The smallest absolute Gasteiger partial charge is 0.326 e. The minimum atomic E-state index is -1.27. The van der Waals surface area contributed by atoms with Crippen molar-refractivity contribution in [3.63, 3.8) is 0 Å². The summed E-state index contributed by atoms with van der Waals surface area (Å²) in [4.78, 5) is 45.8. The van der Waals surface area contributed by atoms with Crippen molar-refractivity contribution in [2.45, 2.75) is 19.4 Å². The van der Waals surface area contributed by atoms with Crippen LogP contribution < -0.4 is 5.32 Å². The first-order chi connectivity index (χ1) is 16.9. The van der Waals surface area contributed by atoms with Crippen molar-refractivity contribution in [3.8, 4) is 0 Å². The molecule has 2 aliphatic rings. The maximum atomic E-state index is 14.0. The number of benzene rings is 2. The van der Waals surface area contributed by atoms with Crippen LogP contribution in [0.5, 0.6) is 0 Å². The molecule has 7 nitrogen and oxygen atoms in total. The molecule has 0 saturated carbocycles. The predicted molar refractivity (Wildman–Crippen MR) is 135 cm³/mol. The summed E-state index contributed by atoms with van der Waals surface area (Å²) in [5.74, 6) is -0.249. The minimum absolute atomic E-state index is 0.0347. The Morgan fingerprint density at radius 2 is 1.66 bits per heavy atom. The summed E-state index contributed by atoms with van der Waals surface area (Å²) in [5.41, 5.74) is 2.40. The highest BCUT2D eigenvalue weighted by molar-refractivity contribution is 7.12. The van der Waals surface area contributed by atoms with Crippen LogP contribution in [0.15, 0.2) is 66.0 Å². The van der Waals surface area contributed by atoms with Gasteiger partial charge < -0.3 is 10.2 Å². The molecule has 2 aliphatic heterocycles. The van der Waals surface area contributed by atoms with E-state index in [2.05, 4.69) is 10.2 Å². The van der Waals surface area contributed by atoms with Crippen molar-refractivity contribution >= 4 is 29.2 Å². The van der Waals surface area contributed by atoms with E-state index in [-0.39, 0.29) is 18.5 Å². The Balaban J connectivity index is 1.37. The summed E-state index contributed by atoms with van der Waals surface area (Å²) < 4.78 is 0. The molecule has 1 N–H and O–H groups in total. The van der Waals surface area contributed by atoms with Crippen LogP contribution in [-0.4, -0.2) is 65.4 Å². The number of hydrogen-bond donors (Lipinski definition) is 1. The lowest BCUT2D eigenvalue weighted by molar-refractivity contribution is -0.132. The molecular formula is C27H28N4O3S. The maximum absolute atomic E-state index is 14.0. The zero-order valence-corrected chi connectivity index (χ0v) is 20.7. The fourth-order valence-corrected chi connectivity index (χ4v) is 5.46. The molecule has 2 saturated heterocycles. The average molecular weight is 489 g/mol. The summed E-state index contributed by atoms with van der Waals surface area (Å²) >= 11 is 1.44. The van der Waals surface area contributed by atoms with E-state index in [0.717, 1.165) is 27.1 Å². The van der Waals surface area contributed by atoms with Crippen molar-refractivity contribution in [2.24, 2.45) is 0 Å². The zero-order chi connectivity index (χ0) is 24.6. The molecule has 1 atom stereocenters. The number of thiophene rings is 1. The summed E-state index contributed by atoms with van der Waals surface area (Å²) in [6, 6.07) is 18.6. The summed E-state index contributed by atoms with van der Waals surface area (Å²) in [6.07, 6.45) is 0. The van der Waals surface area contributed by atoms with Gasteiger partial charge in [0.1, 0.15) is 0 Å². The number of urea groups is 1. The molecule has 3 aromatic rings. The fraction of sp³-hybridized carbons (Fsp3) is 0.296. The Kier molecular flexibility index (Phi) is 6.17. The van der Waals surface area contributed by atoms with Gasteiger partial charge in [-0.25, -0.2) is 9.69 Å². The number of carbonyl (C=O) groups excluding carboxylic acids is 3. The molecule has 35 heavy (non-hydrogen) atoms. The molecule has 0 aliphatic carbocycles. The van der Waals surface area contributed by atoms with Gasteiger partial charge in [0.05, 0.1) is 11.5 Å². The van der Waals surface area contributed by atoms with Gasteiger partial charge in [-0.15, -0.1) is 11.3 Å². The lowest BCUT2D eigenvalue weighted by atomic mass is 9.81. The first-order valence-electron chi connectivity index (χ1n) is 11.7. The van der Waals surface area contributed by atoms with Crippen LogP contribution >= 0.6 is 11.3 Å². The van der Waals surface area contributed by atoms with E-state index >= 15 is 0 Å². The molecule has 2 fully saturated rings. The Hall–Kier alpha value is -3.49. The van der Waals surface area contributed by atoms with Gasteiger partial charge >= 0.3 is 6.03 Å². The van der Waals surface area contributed by atoms with E-state index in [1.807, 2.05) is 84.8 Å². The van der Waals surface area contributed by atoms with Crippen LogP contribution in [0.3, 0.4) is 0 Å². The lowest BCUT2D eigenvalue weighted by Gasteiger charge is -2.36. The van der Waals surface area contributed by atoms with Crippen molar-refractivity contribution in [3.05, 3.63) is 93.2 Å². The number of aryl methyl sites for hydroxylation is 2. The third-order valence-corrected chi connectivity index (χ3v) is 7.84. The van der Waals surface area contributed by atoms with E-state index in [0.29, 0.717) is 26.2 Å². The van der Waals surface area contributed by atoms with E-state index in [1.165, 1.54) is 16.2 Å². The topological polar surface area (TPSA) is 73.0 Å². The Bertz CT molecular complexity index is 1250. The summed E-state index contributed by atoms with van der Waals surface area (Å²) in [5, 5.41) is 4.93. The molecule has 8 heteroatoms. The molecular weight excluding hydrogens is 460 g/mol. The highest BCUT2D eigenvalue weighted by Crippen LogP contribution is 2.37. The van der Waals surface area contributed by atoms with Crippen LogP contribution in [0.2, 0.25) is 0 Å². The average Bonchev–Trinajstić information content (AvgIpc) is 3.50. The van der Waals surface area contributed by atoms with Crippen molar-refractivity contribution in [1.82, 2.24) is 20.0 Å². The monoisotopic (exact) mass is 488 g/mol. The summed E-state index contributed by atoms with van der Waals surface area (Å²) in [7, 11) is 0. The van der Waals surface area contributed by atoms with Crippen LogP contribution in [0, 0.1) is 13.8 Å². The van der Waals surface area contributed by atoms with Crippen LogP contribution in [-0.2, 0) is 10.3 Å². The summed E-state index contributed by atoms with van der Waals surface area (Å²) in [6.45, 7) is 6.52. The fourth-order valence-electron chi connectivity index (χ4n) is 4.77. The van der Waals surface area contributed by atoms with Gasteiger partial charge in [0.25, 0.3) is 11.8 Å². The molecule has 4 amide bonds. The van der Waals surface area contributed by atoms with Crippen molar-refractivity contribution < 1.29 is 14.4 Å². The first-order valence-corrected chi connectivity index (χ1v) is 12.6. The number of amides is 4. The molecule has 0 unspecified atom stereocenters. The third kappa shape index (κ3) is 4.13. The number of imide groups is 1. The second-order valence-electron chi connectivity index (χ2n) is 9.11. The van der Waals surface area contributed by atoms with Crippen molar-refractivity contribution in [2.75, 3.05) is 32.8 Å². The Morgan fingerprint density at radius 1 is 0.914 bits per heavy atom. The molecule has 180 valence electrons. The molecule has 2 aromatic carbocycles. The second kappa shape index (κ2) is 9.28. The van der Waals surface area contributed by atoms with Gasteiger partial charge in [0.15, 0.2) is 5.54 Å². The number of piperazine rings is 1. The van der Waals surface area contributed by atoms with Crippen LogP contribution in [0.1, 0.15) is 31.9 Å². The molecule has 1 aromatic heterocycles. The first kappa shape index (κ1) is 23.3. The molecule has 0 radical (unpaired) electrons. The SMILES string of the molecule is Cc1ccc([C@]2(c3ccccc3)NC(=O)N(CN3CCN(C(=O)c4cccs4)CC3)C2=O)cc1C. The maximum Gasteiger partial charge on any atom is 0.326 e. The van der Waals surface area contributed by atoms with E-state index < -0.39 is 11.6 Å². The third-order valence-electron chi connectivity index (χ3n) is 6.99. The van der Waals surface area contributed by atoms with E-state index in [4.69, 9.17) is 0 Å². The van der Waals surface area contributed by atoms with Gasteiger partial charge in [-0.05, 0) is 47.5 Å². The highest BCUT2D eigenvalue weighted by atomic mass is 32.1. The number of nitrogens with zero attached hydrogens (tertiary/aromatic N) is 3. The van der Waals surface area contributed by atoms with E-state index in [1.54, 1.807) is 0 Å². The number of carbonyl (C=O) groups is 3. The largest absolute Gasteiger partial charge is 0.335 e. The van der Waals surface area contributed by atoms with Gasteiger partial charge in [0.2, 0.25) is 0 Å². The van der Waals surface area contributed by atoms with Gasteiger partial charge in [-0.1, -0.05) is 54.6 Å². The minimum Gasteiger partial charge on any atom is -0.335 e. The van der Waals surface area contributed by atoms with Crippen LogP contribution in [0.25, 0.3) is 0 Å². The Morgan fingerprint density at radius 3 is 2.31 bits per heavy atom. The van der Waals surface area contributed by atoms with Crippen molar-refractivity contribution in [1.29, 1.82) is 0 Å². The van der Waals surface area contributed by atoms with Gasteiger partial charge in [-0.2, -0.15) is 0 Å². The normalized spacial score (nSPS) is 20.9. The zero-order valence-electron chi connectivity index (χ0n) is 19.9. The predicted octanol–water partition coefficient (Wildman–Crippen LogP) is 3.58. The molecule has 5 rings (SSSR count). The number of hydrogen-bond acceptors (Lipinski definition) is 5. The van der Waals surface area contributed by atoms with Gasteiger partial charge in [0, 0.05) is 26.2 Å². The van der Waals surface area contributed by atoms with Gasteiger partial charge in [-0.3, -0.25) is 14.5 Å². The lowest BCUT2D eigenvalue weighted by Crippen LogP contribution is -2.53. The van der Waals surface area contributed by atoms with Crippen LogP contribution in [0.4, 0.5) is 4.79 Å². The number of rotatable bonds is 5. The second-order valence-corrected chi connectivity index (χ2v) is 10.1. The molecule has 0 bridgehead atoms. The molecule has 3 heterocycles. The highest BCUT2D eigenvalue weighted by Gasteiger charge is 2.54. The quantitative estimate of drug-likeness (QED) is 0.558. The molecule has 0 spiro atoms.